The zero-order valence-electron chi connectivity index (χ0n) is 14.6. The van der Waals surface area contributed by atoms with E-state index < -0.39 is 0 Å². The molecule has 2 fully saturated rings. The number of hydrogen-bond acceptors (Lipinski definition) is 6. The monoisotopic (exact) mass is 352 g/mol. The van der Waals surface area contributed by atoms with Gasteiger partial charge < -0.3 is 13.8 Å². The second kappa shape index (κ2) is 5.91. The predicted molar refractivity (Wildman–Crippen MR) is 92.4 cm³/mol. The van der Waals surface area contributed by atoms with Crippen LogP contribution in [0.5, 0.6) is 0 Å². The molecule has 0 spiro atoms. The number of aromatic nitrogens is 4. The lowest BCUT2D eigenvalue weighted by Crippen LogP contribution is -2.59. The minimum Gasteiger partial charge on any atom is -0.339 e. The number of hydrogen-bond donors (Lipinski definition) is 0. The highest BCUT2D eigenvalue weighted by molar-refractivity contribution is 5.80. The average molecular weight is 352 g/mol. The summed E-state index contributed by atoms with van der Waals surface area (Å²) in [6.07, 6.45) is 4.43. The van der Waals surface area contributed by atoms with Crippen LogP contribution in [-0.2, 0) is 11.3 Å². The molecule has 0 saturated carbocycles. The molecular formula is C18H20N6O2. The first-order valence-electron chi connectivity index (χ1n) is 8.90. The largest absolute Gasteiger partial charge is 0.339 e. The van der Waals surface area contributed by atoms with Crippen LogP contribution < -0.4 is 0 Å². The molecule has 0 aliphatic carbocycles. The van der Waals surface area contributed by atoms with Gasteiger partial charge in [0.15, 0.2) is 5.82 Å². The Labute approximate surface area is 150 Å². The minimum atomic E-state index is 0.0246. The van der Waals surface area contributed by atoms with E-state index in [0.717, 1.165) is 25.3 Å². The topological polar surface area (TPSA) is 79.8 Å². The van der Waals surface area contributed by atoms with Gasteiger partial charge in [-0.2, -0.15) is 4.98 Å². The summed E-state index contributed by atoms with van der Waals surface area (Å²) in [5.74, 6) is 1.41. The van der Waals surface area contributed by atoms with Gasteiger partial charge in [-0.3, -0.25) is 9.69 Å². The van der Waals surface area contributed by atoms with Gasteiger partial charge in [-0.25, -0.2) is 4.98 Å². The summed E-state index contributed by atoms with van der Waals surface area (Å²) < 4.78 is 7.36. The third-order valence-corrected chi connectivity index (χ3v) is 5.31. The van der Waals surface area contributed by atoms with Crippen molar-refractivity contribution < 1.29 is 9.32 Å². The molecule has 0 radical (unpaired) electrons. The van der Waals surface area contributed by atoms with Gasteiger partial charge in [0, 0.05) is 38.8 Å². The zero-order valence-corrected chi connectivity index (χ0v) is 14.6. The van der Waals surface area contributed by atoms with Crippen LogP contribution in [0.3, 0.4) is 0 Å². The number of nitrogens with zero attached hydrogens (tertiary/aromatic N) is 6. The van der Waals surface area contributed by atoms with Gasteiger partial charge in [0.05, 0.1) is 23.9 Å². The summed E-state index contributed by atoms with van der Waals surface area (Å²) in [4.78, 5) is 25.4. The molecular weight excluding hydrogens is 332 g/mol. The Morgan fingerprint density at radius 2 is 2.15 bits per heavy atom. The number of carbonyl (C=O) groups excluding carboxylic acids is 1. The van der Waals surface area contributed by atoms with E-state index in [9.17, 15) is 4.79 Å². The maximum Gasteiger partial charge on any atom is 0.232 e. The normalized spacial score (nSPS) is 21.7. The van der Waals surface area contributed by atoms with Gasteiger partial charge in [-0.15, -0.1) is 0 Å². The molecule has 0 aromatic carbocycles. The Morgan fingerprint density at radius 3 is 2.96 bits per heavy atom. The quantitative estimate of drug-likeness (QED) is 0.703. The molecule has 2 saturated heterocycles. The van der Waals surface area contributed by atoms with Crippen molar-refractivity contribution in [3.05, 3.63) is 48.0 Å². The van der Waals surface area contributed by atoms with E-state index in [2.05, 4.69) is 24.4 Å². The number of imidazole rings is 1. The lowest BCUT2D eigenvalue weighted by Gasteiger charge is -2.44. The Balaban J connectivity index is 1.21. The molecule has 0 bridgehead atoms. The van der Waals surface area contributed by atoms with Gasteiger partial charge in [-0.05, 0) is 19.1 Å². The third-order valence-electron chi connectivity index (χ3n) is 5.31. The molecule has 8 heteroatoms. The van der Waals surface area contributed by atoms with E-state index in [4.69, 9.17) is 4.52 Å². The molecule has 1 unspecified atom stereocenters. The Kier molecular flexibility index (Phi) is 3.53. The van der Waals surface area contributed by atoms with Crippen molar-refractivity contribution in [2.75, 3.05) is 19.6 Å². The fourth-order valence-electron chi connectivity index (χ4n) is 3.93. The lowest BCUT2D eigenvalue weighted by atomic mass is 10.1. The molecule has 3 aromatic rings. The minimum absolute atomic E-state index is 0.0246. The highest BCUT2D eigenvalue weighted by Crippen LogP contribution is 2.31. The average Bonchev–Trinajstić information content (AvgIpc) is 3.30. The van der Waals surface area contributed by atoms with Crippen LogP contribution in [0.2, 0.25) is 0 Å². The van der Waals surface area contributed by atoms with Crippen LogP contribution in [0, 0.1) is 6.92 Å². The number of aryl methyl sites for hydroxylation is 1. The van der Waals surface area contributed by atoms with Crippen LogP contribution in [0.4, 0.5) is 0 Å². The van der Waals surface area contributed by atoms with E-state index in [1.807, 2.05) is 35.5 Å². The van der Waals surface area contributed by atoms with Crippen molar-refractivity contribution in [3.63, 3.8) is 0 Å². The second-order valence-corrected chi connectivity index (χ2v) is 7.15. The maximum atomic E-state index is 12.4. The molecule has 5 rings (SSSR count). The number of likely N-dealkylation sites (tertiary alicyclic amines) is 2. The molecule has 1 atom stereocenters. The summed E-state index contributed by atoms with van der Waals surface area (Å²) in [6.45, 7) is 5.10. The first-order valence-corrected chi connectivity index (χ1v) is 8.90. The van der Waals surface area contributed by atoms with Crippen LogP contribution in [0.25, 0.3) is 5.65 Å². The SMILES string of the molecule is Cc1noc(C2CC(=O)N(C3CN(Cc4cnc5ccccn45)C3)C2)n1. The van der Waals surface area contributed by atoms with Gasteiger partial charge in [-0.1, -0.05) is 11.2 Å². The van der Waals surface area contributed by atoms with Crippen molar-refractivity contribution in [2.24, 2.45) is 0 Å². The summed E-state index contributed by atoms with van der Waals surface area (Å²) in [5, 5.41) is 3.84. The van der Waals surface area contributed by atoms with Gasteiger partial charge in [0.1, 0.15) is 5.65 Å². The fraction of sp³-hybridized carbons (Fsp3) is 0.444. The first-order chi connectivity index (χ1) is 12.7. The molecule has 134 valence electrons. The van der Waals surface area contributed by atoms with E-state index in [0.29, 0.717) is 24.7 Å². The Morgan fingerprint density at radius 1 is 1.27 bits per heavy atom. The molecule has 2 aliphatic heterocycles. The highest BCUT2D eigenvalue weighted by Gasteiger charge is 2.42. The van der Waals surface area contributed by atoms with Gasteiger partial charge in [0.25, 0.3) is 0 Å². The van der Waals surface area contributed by atoms with Gasteiger partial charge >= 0.3 is 0 Å². The summed E-state index contributed by atoms with van der Waals surface area (Å²) in [7, 11) is 0. The van der Waals surface area contributed by atoms with Crippen molar-refractivity contribution >= 4 is 11.6 Å². The molecule has 1 amide bonds. The number of rotatable bonds is 4. The number of pyridine rings is 1. The molecule has 8 nitrogen and oxygen atoms in total. The lowest BCUT2D eigenvalue weighted by molar-refractivity contribution is -0.133. The Hall–Kier alpha value is -2.74. The van der Waals surface area contributed by atoms with Crippen molar-refractivity contribution in [1.82, 2.24) is 29.3 Å². The van der Waals surface area contributed by atoms with Crippen molar-refractivity contribution in [3.8, 4) is 0 Å². The summed E-state index contributed by atoms with van der Waals surface area (Å²) in [6, 6.07) is 6.28. The van der Waals surface area contributed by atoms with E-state index >= 15 is 0 Å². The fourth-order valence-corrected chi connectivity index (χ4v) is 3.93. The molecule has 5 heterocycles. The van der Waals surface area contributed by atoms with Crippen LogP contribution in [0.15, 0.2) is 35.1 Å². The van der Waals surface area contributed by atoms with E-state index in [-0.39, 0.29) is 17.9 Å². The predicted octanol–water partition coefficient (Wildman–Crippen LogP) is 1.23. The maximum absolute atomic E-state index is 12.4. The van der Waals surface area contributed by atoms with Gasteiger partial charge in [0.2, 0.25) is 11.8 Å². The molecule has 26 heavy (non-hydrogen) atoms. The Bertz CT molecular complexity index is 957. The van der Waals surface area contributed by atoms with Crippen LogP contribution in [0.1, 0.15) is 29.7 Å². The number of fused-ring (bicyclic) bond motifs is 1. The summed E-state index contributed by atoms with van der Waals surface area (Å²) >= 11 is 0. The molecule has 3 aromatic heterocycles. The first kappa shape index (κ1) is 15.5. The highest BCUT2D eigenvalue weighted by atomic mass is 16.5. The van der Waals surface area contributed by atoms with Crippen LogP contribution in [-0.4, -0.2) is 60.9 Å². The second-order valence-electron chi connectivity index (χ2n) is 7.15. The van der Waals surface area contributed by atoms with Crippen molar-refractivity contribution in [1.29, 1.82) is 0 Å². The molecule has 0 N–H and O–H groups in total. The zero-order chi connectivity index (χ0) is 17.7. The molecule has 2 aliphatic rings. The standard InChI is InChI=1S/C18H20N6O2/c1-12-20-18(26-21-12)13-6-17(25)24(8-13)15-10-22(11-15)9-14-7-19-16-4-2-3-5-23(14)16/h2-5,7,13,15H,6,8-11H2,1H3. The summed E-state index contributed by atoms with van der Waals surface area (Å²) in [5.41, 5.74) is 2.14. The number of carbonyl (C=O) groups is 1. The van der Waals surface area contributed by atoms with E-state index in [1.54, 1.807) is 6.92 Å². The van der Waals surface area contributed by atoms with Crippen LogP contribution >= 0.6 is 0 Å². The van der Waals surface area contributed by atoms with Crippen molar-refractivity contribution in [2.45, 2.75) is 31.8 Å². The van der Waals surface area contributed by atoms with E-state index in [1.165, 1.54) is 5.69 Å². The number of amides is 1. The smallest absolute Gasteiger partial charge is 0.232 e. The third kappa shape index (κ3) is 2.57.